The Morgan fingerprint density at radius 2 is 1.82 bits per heavy atom. The normalized spacial score (nSPS) is 13.8. The number of hydrogen-bond donors (Lipinski definition) is 4. The zero-order valence-corrected chi connectivity index (χ0v) is 20.7. The number of anilines is 1. The quantitative estimate of drug-likeness (QED) is 0.405. The van der Waals surface area contributed by atoms with Crippen molar-refractivity contribution in [3.05, 3.63) is 51.8 Å². The fourth-order valence-corrected chi connectivity index (χ4v) is 4.28. The van der Waals surface area contributed by atoms with Crippen LogP contribution in [0.5, 0.6) is 0 Å². The maximum absolute atomic E-state index is 12.9. The van der Waals surface area contributed by atoms with E-state index in [0.717, 1.165) is 53.4 Å². The molecule has 8 nitrogen and oxygen atoms in total. The molecule has 0 atom stereocenters. The molecule has 2 heterocycles. The van der Waals surface area contributed by atoms with E-state index in [4.69, 9.17) is 0 Å². The minimum Gasteiger partial charge on any atom is -0.358 e. The Balaban J connectivity index is 1.81. The first-order valence-electron chi connectivity index (χ1n) is 11.9. The van der Waals surface area contributed by atoms with Crippen LogP contribution >= 0.6 is 0 Å². The molecule has 1 aliphatic rings. The van der Waals surface area contributed by atoms with Crippen LogP contribution in [0.4, 0.5) is 5.69 Å². The lowest BCUT2D eigenvalue weighted by atomic mass is 10.0. The van der Waals surface area contributed by atoms with Gasteiger partial charge in [-0.1, -0.05) is 19.9 Å². The number of rotatable bonds is 10. The van der Waals surface area contributed by atoms with Gasteiger partial charge < -0.3 is 25.8 Å². The number of aromatic amines is 1. The maximum atomic E-state index is 12.9. The third-order valence-corrected chi connectivity index (χ3v) is 6.25. The number of nitrogens with one attached hydrogen (secondary N) is 4. The Morgan fingerprint density at radius 1 is 1.09 bits per heavy atom. The van der Waals surface area contributed by atoms with Gasteiger partial charge in [0.25, 0.3) is 11.8 Å². The number of nitrogens with zero attached hydrogens (tertiary/aromatic N) is 1. The van der Waals surface area contributed by atoms with E-state index < -0.39 is 0 Å². The lowest BCUT2D eigenvalue weighted by Gasteiger charge is -2.18. The van der Waals surface area contributed by atoms with Crippen molar-refractivity contribution >= 4 is 35.1 Å². The molecule has 0 aliphatic carbocycles. The van der Waals surface area contributed by atoms with Crippen molar-refractivity contribution in [2.45, 2.75) is 41.0 Å². The van der Waals surface area contributed by atoms with E-state index in [-0.39, 0.29) is 17.7 Å². The number of benzene rings is 1. The van der Waals surface area contributed by atoms with E-state index in [1.807, 2.05) is 38.1 Å². The summed E-state index contributed by atoms with van der Waals surface area (Å²) in [5.74, 6) is -0.352. The van der Waals surface area contributed by atoms with E-state index in [2.05, 4.69) is 39.7 Å². The second kappa shape index (κ2) is 11.2. The van der Waals surface area contributed by atoms with Crippen LogP contribution in [0.15, 0.2) is 18.2 Å². The first-order chi connectivity index (χ1) is 16.2. The number of H-pyrrole nitrogens is 1. The zero-order chi connectivity index (χ0) is 24.8. The molecule has 3 rings (SSSR count). The SMILES string of the molecule is CCN(CC)CCNC(=O)c1c(C)[nH]c(/C=C2\C(=O)Nc3ccc(CCNC(C)=O)cc32)c1C. The number of aryl methyl sites for hydroxylation is 1. The highest BCUT2D eigenvalue weighted by atomic mass is 16.2. The van der Waals surface area contributed by atoms with E-state index in [0.29, 0.717) is 30.6 Å². The van der Waals surface area contributed by atoms with E-state index in [9.17, 15) is 14.4 Å². The molecule has 34 heavy (non-hydrogen) atoms. The third kappa shape index (κ3) is 5.75. The van der Waals surface area contributed by atoms with Gasteiger partial charge in [-0.25, -0.2) is 0 Å². The molecule has 2 aromatic rings. The van der Waals surface area contributed by atoms with Crippen molar-refractivity contribution in [2.75, 3.05) is 38.0 Å². The van der Waals surface area contributed by atoms with Gasteiger partial charge in [0.1, 0.15) is 0 Å². The Bertz CT molecular complexity index is 1110. The average Bonchev–Trinajstić information content (AvgIpc) is 3.25. The van der Waals surface area contributed by atoms with Gasteiger partial charge in [-0.3, -0.25) is 14.4 Å². The molecule has 0 radical (unpaired) electrons. The van der Waals surface area contributed by atoms with Crippen LogP contribution in [0, 0.1) is 13.8 Å². The van der Waals surface area contributed by atoms with Crippen molar-refractivity contribution in [2.24, 2.45) is 0 Å². The fraction of sp³-hybridized carbons (Fsp3) is 0.423. The number of aromatic nitrogens is 1. The lowest BCUT2D eigenvalue weighted by molar-refractivity contribution is -0.119. The molecule has 4 N–H and O–H groups in total. The Labute approximate surface area is 201 Å². The first-order valence-corrected chi connectivity index (χ1v) is 11.9. The number of hydrogen-bond acceptors (Lipinski definition) is 4. The van der Waals surface area contributed by atoms with Gasteiger partial charge in [0.15, 0.2) is 0 Å². The second-order valence-corrected chi connectivity index (χ2v) is 8.57. The summed E-state index contributed by atoms with van der Waals surface area (Å²) in [5.41, 5.74) is 6.11. The number of amides is 3. The highest BCUT2D eigenvalue weighted by Gasteiger charge is 2.26. The maximum Gasteiger partial charge on any atom is 0.256 e. The summed E-state index contributed by atoms with van der Waals surface area (Å²) < 4.78 is 0. The van der Waals surface area contributed by atoms with Crippen LogP contribution in [0.25, 0.3) is 11.6 Å². The Kier molecular flexibility index (Phi) is 8.28. The van der Waals surface area contributed by atoms with E-state index in [1.165, 1.54) is 6.92 Å². The summed E-state index contributed by atoms with van der Waals surface area (Å²) in [6.45, 7) is 13.3. The summed E-state index contributed by atoms with van der Waals surface area (Å²) in [5, 5.41) is 8.72. The largest absolute Gasteiger partial charge is 0.358 e. The van der Waals surface area contributed by atoms with Gasteiger partial charge in [0.2, 0.25) is 5.91 Å². The number of carbonyl (C=O) groups is 3. The van der Waals surface area contributed by atoms with Gasteiger partial charge >= 0.3 is 0 Å². The molecule has 0 saturated carbocycles. The standard InChI is InChI=1S/C26H35N5O3/c1-6-31(7-2)13-12-28-26(34)24-16(3)23(29-17(24)4)15-21-20-14-19(10-11-27-18(5)32)8-9-22(20)30-25(21)33/h8-9,14-15,29H,6-7,10-13H2,1-5H3,(H,27,32)(H,28,34)(H,30,33)/b21-15-. The predicted octanol–water partition coefficient (Wildman–Crippen LogP) is 2.87. The van der Waals surface area contributed by atoms with Gasteiger partial charge in [0, 0.05) is 49.2 Å². The molecular weight excluding hydrogens is 430 g/mol. The summed E-state index contributed by atoms with van der Waals surface area (Å²) in [6.07, 6.45) is 2.49. The molecule has 0 unspecified atom stereocenters. The highest BCUT2D eigenvalue weighted by molar-refractivity contribution is 6.35. The second-order valence-electron chi connectivity index (χ2n) is 8.57. The molecular formula is C26H35N5O3. The molecule has 3 amide bonds. The van der Waals surface area contributed by atoms with Crippen LogP contribution in [-0.2, 0) is 16.0 Å². The molecule has 1 aromatic heterocycles. The first kappa shape index (κ1) is 25.2. The Morgan fingerprint density at radius 3 is 2.50 bits per heavy atom. The lowest BCUT2D eigenvalue weighted by Crippen LogP contribution is -2.35. The van der Waals surface area contributed by atoms with Crippen molar-refractivity contribution in [1.82, 2.24) is 20.5 Å². The van der Waals surface area contributed by atoms with Crippen LogP contribution in [0.2, 0.25) is 0 Å². The topological polar surface area (TPSA) is 106 Å². The van der Waals surface area contributed by atoms with Crippen molar-refractivity contribution in [3.8, 4) is 0 Å². The fourth-order valence-electron chi connectivity index (χ4n) is 4.28. The number of carbonyl (C=O) groups excluding carboxylic acids is 3. The molecule has 1 aromatic carbocycles. The van der Waals surface area contributed by atoms with Crippen molar-refractivity contribution < 1.29 is 14.4 Å². The van der Waals surface area contributed by atoms with Crippen LogP contribution in [-0.4, -0.2) is 60.3 Å². The monoisotopic (exact) mass is 465 g/mol. The third-order valence-electron chi connectivity index (χ3n) is 6.25. The summed E-state index contributed by atoms with van der Waals surface area (Å²) >= 11 is 0. The van der Waals surface area contributed by atoms with Gasteiger partial charge in [-0.2, -0.15) is 0 Å². The summed E-state index contributed by atoms with van der Waals surface area (Å²) in [4.78, 5) is 42.3. The zero-order valence-electron chi connectivity index (χ0n) is 20.7. The van der Waals surface area contributed by atoms with E-state index >= 15 is 0 Å². The Hall–Kier alpha value is -3.39. The highest BCUT2D eigenvalue weighted by Crippen LogP contribution is 2.34. The van der Waals surface area contributed by atoms with Crippen molar-refractivity contribution in [1.29, 1.82) is 0 Å². The summed E-state index contributed by atoms with van der Waals surface area (Å²) in [7, 11) is 0. The predicted molar refractivity (Wildman–Crippen MR) is 136 cm³/mol. The number of likely N-dealkylation sites (N-methyl/N-ethyl adjacent to an activating group) is 1. The van der Waals surface area contributed by atoms with Crippen LogP contribution in [0.3, 0.4) is 0 Å². The van der Waals surface area contributed by atoms with Gasteiger partial charge in [-0.15, -0.1) is 0 Å². The molecule has 0 fully saturated rings. The molecule has 0 saturated heterocycles. The van der Waals surface area contributed by atoms with Gasteiger partial charge in [-0.05, 0) is 62.7 Å². The summed E-state index contributed by atoms with van der Waals surface area (Å²) in [6, 6.07) is 5.82. The molecule has 182 valence electrons. The minimum atomic E-state index is -0.175. The van der Waals surface area contributed by atoms with Gasteiger partial charge in [0.05, 0.1) is 11.1 Å². The van der Waals surface area contributed by atoms with E-state index in [1.54, 1.807) is 0 Å². The number of fused-ring (bicyclic) bond motifs is 1. The molecule has 8 heteroatoms. The molecule has 1 aliphatic heterocycles. The molecule has 0 spiro atoms. The van der Waals surface area contributed by atoms with Crippen LogP contribution in [0.1, 0.15) is 59.2 Å². The van der Waals surface area contributed by atoms with Crippen LogP contribution < -0.4 is 16.0 Å². The molecule has 0 bridgehead atoms. The van der Waals surface area contributed by atoms with Crippen molar-refractivity contribution in [3.63, 3.8) is 0 Å². The smallest absolute Gasteiger partial charge is 0.256 e. The minimum absolute atomic E-state index is 0.0657. The average molecular weight is 466 g/mol.